The number of carboxylic acid groups (broad SMARTS) is 1. The molecule has 0 aliphatic carbocycles. The van der Waals surface area contributed by atoms with Crippen LogP contribution in [0.25, 0.3) is 0 Å². The second kappa shape index (κ2) is 6.04. The molecule has 0 saturated carbocycles. The number of hydrogen-bond acceptors (Lipinski definition) is 5. The van der Waals surface area contributed by atoms with Gasteiger partial charge in [0.2, 0.25) is 5.91 Å². The first-order chi connectivity index (χ1) is 9.86. The molecule has 4 N–H and O–H groups in total. The van der Waals surface area contributed by atoms with Gasteiger partial charge in [-0.25, -0.2) is 9.78 Å². The van der Waals surface area contributed by atoms with E-state index in [9.17, 15) is 19.5 Å². The van der Waals surface area contributed by atoms with Gasteiger partial charge in [-0.05, 0) is 19.3 Å². The molecule has 0 radical (unpaired) electrons. The van der Waals surface area contributed by atoms with Crippen LogP contribution in [0, 0.1) is 5.41 Å². The molecule has 2 amide bonds. The summed E-state index contributed by atoms with van der Waals surface area (Å²) in [4.78, 5) is 39.1. The van der Waals surface area contributed by atoms with Crippen LogP contribution < -0.4 is 11.1 Å². The molecule has 0 bridgehead atoms. The average Bonchev–Trinajstić information content (AvgIpc) is 2.80. The van der Waals surface area contributed by atoms with Crippen LogP contribution in [0.2, 0.25) is 0 Å². The van der Waals surface area contributed by atoms with E-state index in [0.29, 0.717) is 4.88 Å². The number of nitrogens with two attached hydrogens (primary N) is 1. The fourth-order valence-corrected chi connectivity index (χ4v) is 2.57. The first-order valence-electron chi connectivity index (χ1n) is 6.69. The van der Waals surface area contributed by atoms with E-state index in [-0.39, 0.29) is 17.2 Å². The van der Waals surface area contributed by atoms with Crippen LogP contribution in [0.5, 0.6) is 0 Å². The van der Waals surface area contributed by atoms with Gasteiger partial charge in [0, 0.05) is 11.4 Å². The predicted octanol–water partition coefficient (Wildman–Crippen LogP) is 1.38. The number of amides is 2. The molecule has 1 heterocycles. The summed E-state index contributed by atoms with van der Waals surface area (Å²) in [5, 5.41) is 11.8. The van der Waals surface area contributed by atoms with E-state index < -0.39 is 28.6 Å². The molecule has 122 valence electrons. The molecular weight excluding hydrogens is 306 g/mol. The summed E-state index contributed by atoms with van der Waals surface area (Å²) in [6.45, 7) is 8.83. The number of nitrogens with one attached hydrogen (secondary N) is 1. The topological polar surface area (TPSA) is 122 Å². The SMILES string of the molecule is CC(C)(CNC(=O)c1nc(C(=O)O)c(C(C)(C)C)s1)C(N)=O. The lowest BCUT2D eigenvalue weighted by Crippen LogP contribution is -2.42. The summed E-state index contributed by atoms with van der Waals surface area (Å²) in [6.07, 6.45) is 0. The highest BCUT2D eigenvalue weighted by Crippen LogP contribution is 2.31. The van der Waals surface area contributed by atoms with Gasteiger partial charge in [-0.3, -0.25) is 9.59 Å². The molecular formula is C14H21N3O4S. The molecule has 0 aliphatic heterocycles. The minimum Gasteiger partial charge on any atom is -0.476 e. The van der Waals surface area contributed by atoms with Crippen LogP contribution in [0.3, 0.4) is 0 Å². The van der Waals surface area contributed by atoms with Crippen molar-refractivity contribution in [2.45, 2.75) is 40.0 Å². The van der Waals surface area contributed by atoms with Crippen molar-refractivity contribution in [3.05, 3.63) is 15.6 Å². The molecule has 7 nitrogen and oxygen atoms in total. The maximum Gasteiger partial charge on any atom is 0.355 e. The van der Waals surface area contributed by atoms with Gasteiger partial charge in [-0.2, -0.15) is 0 Å². The maximum absolute atomic E-state index is 12.1. The average molecular weight is 327 g/mol. The van der Waals surface area contributed by atoms with Gasteiger partial charge < -0.3 is 16.2 Å². The third-order valence-corrected chi connectivity index (χ3v) is 4.54. The summed E-state index contributed by atoms with van der Waals surface area (Å²) in [6, 6.07) is 0. The first-order valence-corrected chi connectivity index (χ1v) is 7.50. The number of aromatic carboxylic acids is 1. The number of thiazole rings is 1. The Hall–Kier alpha value is -1.96. The first kappa shape index (κ1) is 18.1. The zero-order valence-corrected chi connectivity index (χ0v) is 14.1. The zero-order valence-electron chi connectivity index (χ0n) is 13.3. The van der Waals surface area contributed by atoms with Gasteiger partial charge in [0.15, 0.2) is 10.7 Å². The number of nitrogens with zero attached hydrogens (tertiary/aromatic N) is 1. The van der Waals surface area contributed by atoms with E-state index in [1.165, 1.54) is 0 Å². The second-order valence-corrected chi connectivity index (χ2v) is 7.68. The van der Waals surface area contributed by atoms with Crippen molar-refractivity contribution in [2.24, 2.45) is 11.1 Å². The Morgan fingerprint density at radius 3 is 2.14 bits per heavy atom. The standard InChI is InChI=1S/C14H21N3O4S/c1-13(2,3)8-7(11(19)20)17-10(22-8)9(18)16-6-14(4,5)12(15)21/h6H2,1-5H3,(H2,15,21)(H,16,18)(H,19,20). The van der Waals surface area contributed by atoms with E-state index in [2.05, 4.69) is 10.3 Å². The maximum atomic E-state index is 12.1. The third kappa shape index (κ3) is 4.03. The Bertz CT molecular complexity index is 614. The van der Waals surface area contributed by atoms with Crippen molar-refractivity contribution >= 4 is 29.1 Å². The summed E-state index contributed by atoms with van der Waals surface area (Å²) >= 11 is 1.04. The van der Waals surface area contributed by atoms with Crippen molar-refractivity contribution in [3.8, 4) is 0 Å². The van der Waals surface area contributed by atoms with Crippen LogP contribution >= 0.6 is 11.3 Å². The number of carboxylic acids is 1. The normalized spacial score (nSPS) is 12.0. The van der Waals surface area contributed by atoms with Gasteiger partial charge in [0.1, 0.15) is 0 Å². The lowest BCUT2D eigenvalue weighted by molar-refractivity contribution is -0.125. The molecule has 0 saturated heterocycles. The third-order valence-electron chi connectivity index (χ3n) is 3.06. The number of hydrogen-bond donors (Lipinski definition) is 3. The predicted molar refractivity (Wildman–Crippen MR) is 83.1 cm³/mol. The quantitative estimate of drug-likeness (QED) is 0.754. The van der Waals surface area contributed by atoms with Crippen molar-refractivity contribution in [3.63, 3.8) is 0 Å². The monoisotopic (exact) mass is 327 g/mol. The van der Waals surface area contributed by atoms with Crippen LogP contribution in [0.1, 0.15) is 59.8 Å². The Morgan fingerprint density at radius 1 is 1.23 bits per heavy atom. The Kier molecular flexibility index (Phi) is 4.96. The Morgan fingerprint density at radius 2 is 1.77 bits per heavy atom. The van der Waals surface area contributed by atoms with Crippen LogP contribution in [-0.4, -0.2) is 34.4 Å². The highest BCUT2D eigenvalue weighted by molar-refractivity contribution is 7.14. The van der Waals surface area contributed by atoms with E-state index >= 15 is 0 Å². The van der Waals surface area contributed by atoms with Crippen molar-refractivity contribution in [2.75, 3.05) is 6.54 Å². The lowest BCUT2D eigenvalue weighted by atomic mass is 9.93. The summed E-state index contributed by atoms with van der Waals surface area (Å²) in [5.74, 6) is -2.22. The van der Waals surface area contributed by atoms with Crippen molar-refractivity contribution in [1.29, 1.82) is 0 Å². The highest BCUT2D eigenvalue weighted by atomic mass is 32.1. The molecule has 0 aliphatic rings. The Labute approximate surface area is 132 Å². The fraction of sp³-hybridized carbons (Fsp3) is 0.571. The number of primary amides is 1. The number of rotatable bonds is 5. The van der Waals surface area contributed by atoms with Crippen LogP contribution in [0.4, 0.5) is 0 Å². The fourth-order valence-electron chi connectivity index (χ4n) is 1.53. The minimum atomic E-state index is -1.17. The summed E-state index contributed by atoms with van der Waals surface area (Å²) in [7, 11) is 0. The van der Waals surface area contributed by atoms with E-state index in [1.54, 1.807) is 13.8 Å². The number of carbonyl (C=O) groups is 3. The van der Waals surface area contributed by atoms with Gasteiger partial charge in [0.25, 0.3) is 5.91 Å². The smallest absolute Gasteiger partial charge is 0.355 e. The molecule has 0 aromatic carbocycles. The second-order valence-electron chi connectivity index (χ2n) is 6.68. The van der Waals surface area contributed by atoms with E-state index in [0.717, 1.165) is 11.3 Å². The molecule has 1 aromatic heterocycles. The van der Waals surface area contributed by atoms with Gasteiger partial charge in [-0.15, -0.1) is 11.3 Å². The molecule has 22 heavy (non-hydrogen) atoms. The number of carbonyl (C=O) groups excluding carboxylic acids is 2. The molecule has 0 atom stereocenters. The van der Waals surface area contributed by atoms with Crippen LogP contribution in [0.15, 0.2) is 0 Å². The van der Waals surface area contributed by atoms with Gasteiger partial charge >= 0.3 is 5.97 Å². The number of aromatic nitrogens is 1. The summed E-state index contributed by atoms with van der Waals surface area (Å²) in [5.41, 5.74) is 3.80. The molecule has 0 unspecified atom stereocenters. The molecule has 0 spiro atoms. The largest absolute Gasteiger partial charge is 0.476 e. The summed E-state index contributed by atoms with van der Waals surface area (Å²) < 4.78 is 0. The van der Waals surface area contributed by atoms with E-state index in [4.69, 9.17) is 5.73 Å². The zero-order chi connectivity index (χ0) is 17.3. The lowest BCUT2D eigenvalue weighted by Gasteiger charge is -2.20. The van der Waals surface area contributed by atoms with Crippen molar-refractivity contribution < 1.29 is 19.5 Å². The van der Waals surface area contributed by atoms with Crippen molar-refractivity contribution in [1.82, 2.24) is 10.3 Å². The van der Waals surface area contributed by atoms with Crippen LogP contribution in [-0.2, 0) is 10.2 Å². The molecule has 8 heteroatoms. The molecule has 1 rings (SSSR count). The Balaban J connectivity index is 3.01. The van der Waals surface area contributed by atoms with Gasteiger partial charge in [-0.1, -0.05) is 20.8 Å². The highest BCUT2D eigenvalue weighted by Gasteiger charge is 2.30. The van der Waals surface area contributed by atoms with Gasteiger partial charge in [0.05, 0.1) is 5.41 Å². The van der Waals surface area contributed by atoms with E-state index in [1.807, 2.05) is 20.8 Å². The molecule has 1 aromatic rings. The minimum absolute atomic E-state index is 0.0496. The molecule has 0 fully saturated rings.